The van der Waals surface area contributed by atoms with E-state index in [4.69, 9.17) is 10.7 Å². The van der Waals surface area contributed by atoms with Gasteiger partial charge in [-0.15, -0.1) is 0 Å². The molecule has 1 aromatic rings. The lowest BCUT2D eigenvalue weighted by Crippen LogP contribution is -2.17. The molecule has 49 heavy (non-hydrogen) atoms. The van der Waals surface area contributed by atoms with E-state index in [1.165, 1.54) is 74.1 Å². The van der Waals surface area contributed by atoms with Gasteiger partial charge in [0.05, 0.1) is 5.70 Å². The van der Waals surface area contributed by atoms with Crippen molar-refractivity contribution in [3.8, 4) is 0 Å². The Morgan fingerprint density at radius 1 is 0.898 bits per heavy atom. The minimum atomic E-state index is 0.0574. The second kappa shape index (κ2) is 18.0. The lowest BCUT2D eigenvalue weighted by Gasteiger charge is -2.23. The van der Waals surface area contributed by atoms with Gasteiger partial charge in [0.25, 0.3) is 0 Å². The van der Waals surface area contributed by atoms with Gasteiger partial charge in [-0.3, -0.25) is 0 Å². The highest BCUT2D eigenvalue weighted by Gasteiger charge is 2.35. The van der Waals surface area contributed by atoms with Crippen LogP contribution in [0.5, 0.6) is 0 Å². The number of hydrogen-bond acceptors (Lipinski definition) is 1. The van der Waals surface area contributed by atoms with Crippen molar-refractivity contribution >= 4 is 17.0 Å². The summed E-state index contributed by atoms with van der Waals surface area (Å²) in [6.07, 6.45) is 34.9. The summed E-state index contributed by atoms with van der Waals surface area (Å²) in [7, 11) is 0. The fraction of sp³-hybridized carbons (Fsp3) is 0.383. The third-order valence-corrected chi connectivity index (χ3v) is 10.6. The van der Waals surface area contributed by atoms with Crippen molar-refractivity contribution in [2.75, 3.05) is 0 Å². The average molecular weight is 653 g/mol. The Labute approximate surface area is 298 Å². The molecule has 0 saturated heterocycles. The Bertz CT molecular complexity index is 1710. The van der Waals surface area contributed by atoms with Crippen LogP contribution in [-0.4, -0.2) is 5.84 Å². The monoisotopic (exact) mass is 652 g/mol. The van der Waals surface area contributed by atoms with Crippen LogP contribution in [0.1, 0.15) is 124 Å². The summed E-state index contributed by atoms with van der Waals surface area (Å²) in [4.78, 5) is 4.97. The molecule has 0 heterocycles. The molecule has 2 heteroatoms. The highest BCUT2D eigenvalue weighted by molar-refractivity contribution is 5.98. The minimum Gasteiger partial charge on any atom is -0.383 e. The predicted octanol–water partition coefficient (Wildman–Crippen LogP) is 13.4. The van der Waals surface area contributed by atoms with Crippen molar-refractivity contribution < 1.29 is 0 Å². The molecule has 0 bridgehead atoms. The molecule has 2 N–H and O–H groups in total. The fourth-order valence-corrected chi connectivity index (χ4v) is 6.90. The normalized spacial score (nSPS) is 19.6. The van der Waals surface area contributed by atoms with Gasteiger partial charge in [0.15, 0.2) is 0 Å². The molecule has 0 amide bonds. The van der Waals surface area contributed by atoms with E-state index in [1.54, 1.807) is 0 Å². The van der Waals surface area contributed by atoms with E-state index in [2.05, 4.69) is 140 Å². The number of benzene rings is 1. The Balaban J connectivity index is 1.52. The maximum absolute atomic E-state index is 6.52. The Morgan fingerprint density at radius 3 is 2.29 bits per heavy atom. The van der Waals surface area contributed by atoms with Gasteiger partial charge in [0, 0.05) is 5.41 Å². The van der Waals surface area contributed by atoms with Crippen molar-refractivity contribution in [3.63, 3.8) is 0 Å². The van der Waals surface area contributed by atoms with Crippen molar-refractivity contribution in [3.05, 3.63) is 154 Å². The molecule has 1 aromatic carbocycles. The highest BCUT2D eigenvalue weighted by atomic mass is 14.9. The first-order chi connectivity index (χ1) is 23.6. The molecule has 258 valence electrons. The second-order valence-corrected chi connectivity index (χ2v) is 14.1. The van der Waals surface area contributed by atoms with Gasteiger partial charge in [-0.1, -0.05) is 137 Å². The maximum atomic E-state index is 6.52. The average Bonchev–Trinajstić information content (AvgIpc) is 3.29. The summed E-state index contributed by atoms with van der Waals surface area (Å²) in [5.41, 5.74) is 22.1. The van der Waals surface area contributed by atoms with Crippen LogP contribution in [0, 0.1) is 5.41 Å². The van der Waals surface area contributed by atoms with Gasteiger partial charge >= 0.3 is 0 Å². The van der Waals surface area contributed by atoms with Crippen molar-refractivity contribution in [1.82, 2.24) is 0 Å². The van der Waals surface area contributed by atoms with E-state index in [0.717, 1.165) is 57.1 Å². The van der Waals surface area contributed by atoms with Crippen LogP contribution < -0.4 is 5.73 Å². The quantitative estimate of drug-likeness (QED) is 0.121. The van der Waals surface area contributed by atoms with Gasteiger partial charge in [0.1, 0.15) is 5.84 Å². The number of allylic oxidation sites excluding steroid dienone is 19. The lowest BCUT2D eigenvalue weighted by molar-refractivity contribution is 0.548. The molecule has 0 unspecified atom stereocenters. The van der Waals surface area contributed by atoms with Gasteiger partial charge in [-0.25, -0.2) is 4.99 Å². The van der Waals surface area contributed by atoms with Crippen LogP contribution in [0.2, 0.25) is 0 Å². The summed E-state index contributed by atoms with van der Waals surface area (Å²) in [6, 6.07) is 9.17. The third kappa shape index (κ3) is 9.50. The molecule has 0 atom stereocenters. The van der Waals surface area contributed by atoms with E-state index in [-0.39, 0.29) is 5.41 Å². The Morgan fingerprint density at radius 2 is 1.65 bits per heavy atom. The SMILES string of the molecule is C=C/C(=C\C/C=C(\C)c1ccc(/C(=C/CC)C2=C(C)C(C)(C)C(C)=C2/C=C\CC)cc1)C/C=C(\N=C(N)C1=CCCCC1)C1=CC=CCC1. The first kappa shape index (κ1) is 37.6. The molecule has 0 aromatic heterocycles. The zero-order chi connectivity index (χ0) is 35.4. The summed E-state index contributed by atoms with van der Waals surface area (Å²) < 4.78 is 0. The lowest BCUT2D eigenvalue weighted by atomic mass is 9.81. The molecule has 0 saturated carbocycles. The topological polar surface area (TPSA) is 38.4 Å². The Kier molecular flexibility index (Phi) is 13.8. The molecule has 0 aliphatic heterocycles. The van der Waals surface area contributed by atoms with Gasteiger partial charge in [-0.05, 0) is 135 Å². The number of aliphatic imine (C=N–C) groups is 1. The van der Waals surface area contributed by atoms with E-state index in [9.17, 15) is 0 Å². The zero-order valence-electron chi connectivity index (χ0n) is 31.5. The number of nitrogens with zero attached hydrogens (tertiary/aromatic N) is 1. The summed E-state index contributed by atoms with van der Waals surface area (Å²) in [5.74, 6) is 0.673. The molecule has 0 spiro atoms. The maximum Gasteiger partial charge on any atom is 0.126 e. The highest BCUT2D eigenvalue weighted by Crippen LogP contribution is 2.51. The number of nitrogens with two attached hydrogens (primary N) is 1. The molecule has 0 radical (unpaired) electrons. The summed E-state index contributed by atoms with van der Waals surface area (Å²) >= 11 is 0. The van der Waals surface area contributed by atoms with E-state index < -0.39 is 0 Å². The number of hydrogen-bond donors (Lipinski definition) is 1. The molecule has 0 fully saturated rings. The van der Waals surface area contributed by atoms with Crippen LogP contribution in [0.4, 0.5) is 0 Å². The largest absolute Gasteiger partial charge is 0.383 e. The van der Waals surface area contributed by atoms with Crippen LogP contribution in [0.15, 0.2) is 147 Å². The minimum absolute atomic E-state index is 0.0574. The number of amidine groups is 1. The van der Waals surface area contributed by atoms with Crippen molar-refractivity contribution in [1.29, 1.82) is 0 Å². The zero-order valence-corrected chi connectivity index (χ0v) is 31.5. The molecule has 4 rings (SSSR count). The van der Waals surface area contributed by atoms with Crippen LogP contribution >= 0.6 is 0 Å². The molecular formula is C47H60N2. The van der Waals surface area contributed by atoms with E-state index in [1.807, 2.05) is 6.08 Å². The first-order valence-electron chi connectivity index (χ1n) is 18.6. The smallest absolute Gasteiger partial charge is 0.126 e. The van der Waals surface area contributed by atoms with Crippen LogP contribution in [0.3, 0.4) is 0 Å². The van der Waals surface area contributed by atoms with E-state index >= 15 is 0 Å². The van der Waals surface area contributed by atoms with Gasteiger partial charge in [0.2, 0.25) is 0 Å². The van der Waals surface area contributed by atoms with Crippen LogP contribution in [-0.2, 0) is 0 Å². The van der Waals surface area contributed by atoms with Gasteiger partial charge < -0.3 is 5.73 Å². The molecule has 2 nitrogen and oxygen atoms in total. The number of rotatable bonds is 14. The fourth-order valence-electron chi connectivity index (χ4n) is 6.90. The Hall–Kier alpha value is -4.17. The van der Waals surface area contributed by atoms with Gasteiger partial charge in [-0.2, -0.15) is 0 Å². The second-order valence-electron chi connectivity index (χ2n) is 14.1. The molecule has 3 aliphatic rings. The van der Waals surface area contributed by atoms with Crippen LogP contribution in [0.25, 0.3) is 11.1 Å². The predicted molar refractivity (Wildman–Crippen MR) is 217 cm³/mol. The van der Waals surface area contributed by atoms with Crippen molar-refractivity contribution in [2.45, 2.75) is 113 Å². The third-order valence-electron chi connectivity index (χ3n) is 10.6. The summed E-state index contributed by atoms with van der Waals surface area (Å²) in [5, 5.41) is 0. The first-order valence-corrected chi connectivity index (χ1v) is 18.6. The standard InChI is InChI=1S/C47H60N2/c1-9-12-27-42-35(5)47(7,8)36(6)45(42)43(20-10-2)39-31-29-38(30-32-39)34(4)21-19-22-37(11-3)28-33-44(40-23-15-13-16-24-40)49-46(48)41-25-17-14-18-26-41/h11-13,15,20-23,25,27,29-33H,3,9-10,14,16-19,24,26,28H2,1-2,4-8H3,(H2,48,49)/b27-12-,34-21+,37-22+,43-20-,44-33-. The van der Waals surface area contributed by atoms with Crippen molar-refractivity contribution in [2.24, 2.45) is 16.1 Å². The molecule has 3 aliphatic carbocycles. The summed E-state index contributed by atoms with van der Waals surface area (Å²) in [6.45, 7) is 20.1. The molecular weight excluding hydrogens is 593 g/mol. The van der Waals surface area contributed by atoms with E-state index in [0.29, 0.717) is 5.84 Å².